The van der Waals surface area contributed by atoms with Crippen molar-refractivity contribution in [1.29, 1.82) is 0 Å². The molecule has 130 valence electrons. The van der Waals surface area contributed by atoms with Gasteiger partial charge in [-0.25, -0.2) is 21.9 Å². The molecule has 3 aromatic rings. The minimum atomic E-state index is -3.92. The molecule has 1 N–H and O–H groups in total. The Morgan fingerprint density at radius 3 is 2.36 bits per heavy atom. The molecule has 1 heterocycles. The molecule has 0 aliphatic rings. The van der Waals surface area contributed by atoms with E-state index in [1.807, 2.05) is 24.4 Å². The maximum absolute atomic E-state index is 13.2. The van der Waals surface area contributed by atoms with E-state index in [1.165, 1.54) is 0 Å². The lowest BCUT2D eigenvalue weighted by Gasteiger charge is -2.08. The van der Waals surface area contributed by atoms with Crippen molar-refractivity contribution < 1.29 is 17.2 Å². The van der Waals surface area contributed by atoms with Crippen molar-refractivity contribution in [2.24, 2.45) is 0 Å². The van der Waals surface area contributed by atoms with Gasteiger partial charge >= 0.3 is 0 Å². The van der Waals surface area contributed by atoms with E-state index in [9.17, 15) is 17.2 Å². The summed E-state index contributed by atoms with van der Waals surface area (Å²) in [5, 5.41) is 4.12. The third-order valence-electron chi connectivity index (χ3n) is 3.59. The Morgan fingerprint density at radius 1 is 1.00 bits per heavy atom. The standard InChI is InChI=1S/C17H15F2N3O2S/c18-16-7-6-15(10-17(16)19)25(23,24)21-11-13-2-4-14(5-3-13)12-22-9-1-8-20-22/h1-10,21H,11-12H2. The van der Waals surface area contributed by atoms with Gasteiger partial charge in [-0.15, -0.1) is 0 Å². The molecule has 2 aromatic carbocycles. The number of benzene rings is 2. The highest BCUT2D eigenvalue weighted by Crippen LogP contribution is 2.14. The molecule has 0 aliphatic heterocycles. The highest BCUT2D eigenvalue weighted by Gasteiger charge is 2.16. The van der Waals surface area contributed by atoms with Crippen LogP contribution in [0.25, 0.3) is 0 Å². The summed E-state index contributed by atoms with van der Waals surface area (Å²) in [7, 11) is -3.92. The normalized spacial score (nSPS) is 11.6. The van der Waals surface area contributed by atoms with Gasteiger partial charge in [0.1, 0.15) is 0 Å². The van der Waals surface area contributed by atoms with E-state index in [4.69, 9.17) is 0 Å². The average Bonchev–Trinajstić information content (AvgIpc) is 3.10. The van der Waals surface area contributed by atoms with E-state index >= 15 is 0 Å². The molecule has 0 spiro atoms. The van der Waals surface area contributed by atoms with Crippen LogP contribution in [0.1, 0.15) is 11.1 Å². The van der Waals surface area contributed by atoms with Gasteiger partial charge in [0, 0.05) is 18.9 Å². The van der Waals surface area contributed by atoms with Crippen LogP contribution in [0, 0.1) is 11.6 Å². The summed E-state index contributed by atoms with van der Waals surface area (Å²) in [6.07, 6.45) is 3.55. The van der Waals surface area contributed by atoms with Crippen molar-refractivity contribution in [3.63, 3.8) is 0 Å². The fourth-order valence-electron chi connectivity index (χ4n) is 2.25. The predicted octanol–water partition coefficient (Wildman–Crippen LogP) is 2.69. The lowest BCUT2D eigenvalue weighted by Crippen LogP contribution is -2.23. The fourth-order valence-corrected chi connectivity index (χ4v) is 3.28. The van der Waals surface area contributed by atoms with Crippen LogP contribution in [-0.4, -0.2) is 18.2 Å². The van der Waals surface area contributed by atoms with Gasteiger partial charge in [0.15, 0.2) is 11.6 Å². The summed E-state index contributed by atoms with van der Waals surface area (Å²) >= 11 is 0. The van der Waals surface area contributed by atoms with Crippen LogP contribution in [-0.2, 0) is 23.1 Å². The third kappa shape index (κ3) is 4.28. The van der Waals surface area contributed by atoms with Gasteiger partial charge in [-0.1, -0.05) is 24.3 Å². The second kappa shape index (κ2) is 7.12. The average molecular weight is 363 g/mol. The summed E-state index contributed by atoms with van der Waals surface area (Å²) in [5.74, 6) is -2.29. The van der Waals surface area contributed by atoms with E-state index in [-0.39, 0.29) is 11.4 Å². The smallest absolute Gasteiger partial charge is 0.240 e. The number of nitrogens with zero attached hydrogens (tertiary/aromatic N) is 2. The summed E-state index contributed by atoms with van der Waals surface area (Å²) in [6.45, 7) is 0.664. The molecule has 1 aromatic heterocycles. The monoisotopic (exact) mass is 363 g/mol. The molecule has 5 nitrogen and oxygen atoms in total. The van der Waals surface area contributed by atoms with Crippen molar-refractivity contribution in [3.8, 4) is 0 Å². The Labute approximate surface area is 144 Å². The highest BCUT2D eigenvalue weighted by atomic mass is 32.2. The van der Waals surface area contributed by atoms with E-state index in [2.05, 4.69) is 9.82 Å². The third-order valence-corrected chi connectivity index (χ3v) is 4.99. The quantitative estimate of drug-likeness (QED) is 0.732. The molecule has 3 rings (SSSR count). The topological polar surface area (TPSA) is 64.0 Å². The lowest BCUT2D eigenvalue weighted by molar-refractivity contribution is 0.504. The summed E-state index contributed by atoms with van der Waals surface area (Å²) in [4.78, 5) is -0.318. The zero-order valence-corrected chi connectivity index (χ0v) is 13.9. The molecular weight excluding hydrogens is 348 g/mol. The number of aromatic nitrogens is 2. The highest BCUT2D eigenvalue weighted by molar-refractivity contribution is 7.89. The van der Waals surface area contributed by atoms with Crippen LogP contribution in [0.4, 0.5) is 8.78 Å². The zero-order chi connectivity index (χ0) is 17.9. The van der Waals surface area contributed by atoms with Crippen molar-refractivity contribution in [2.45, 2.75) is 18.0 Å². The van der Waals surface area contributed by atoms with Gasteiger partial charge in [-0.05, 0) is 35.4 Å². The van der Waals surface area contributed by atoms with Gasteiger partial charge < -0.3 is 0 Å². The number of rotatable bonds is 6. The zero-order valence-electron chi connectivity index (χ0n) is 13.1. The SMILES string of the molecule is O=S(=O)(NCc1ccc(Cn2cccn2)cc1)c1ccc(F)c(F)c1. The molecule has 0 fully saturated rings. The van der Waals surface area contributed by atoms with Crippen LogP contribution in [0.2, 0.25) is 0 Å². The molecule has 0 bridgehead atoms. The van der Waals surface area contributed by atoms with Crippen molar-refractivity contribution >= 4 is 10.0 Å². The molecule has 0 saturated heterocycles. The van der Waals surface area contributed by atoms with E-state index in [0.717, 1.165) is 23.3 Å². The van der Waals surface area contributed by atoms with Gasteiger partial charge in [-0.3, -0.25) is 4.68 Å². The number of sulfonamides is 1. The molecule has 0 radical (unpaired) electrons. The maximum atomic E-state index is 13.2. The molecular formula is C17H15F2N3O2S. The summed E-state index contributed by atoms with van der Waals surface area (Å²) < 4.78 is 54.5. The molecule has 0 amide bonds. The Balaban J connectivity index is 1.65. The van der Waals surface area contributed by atoms with E-state index in [1.54, 1.807) is 23.0 Å². The molecule has 0 atom stereocenters. The van der Waals surface area contributed by atoms with Gasteiger partial charge in [0.25, 0.3) is 0 Å². The van der Waals surface area contributed by atoms with Crippen molar-refractivity contribution in [2.75, 3.05) is 0 Å². The number of hydrogen-bond donors (Lipinski definition) is 1. The second-order valence-electron chi connectivity index (χ2n) is 5.42. The minimum Gasteiger partial charge on any atom is -0.268 e. The first-order valence-corrected chi connectivity index (χ1v) is 8.92. The summed E-state index contributed by atoms with van der Waals surface area (Å²) in [6, 6.07) is 11.7. The Hall–Kier alpha value is -2.58. The van der Waals surface area contributed by atoms with Crippen LogP contribution in [0.15, 0.2) is 65.8 Å². The van der Waals surface area contributed by atoms with E-state index < -0.39 is 21.7 Å². The number of hydrogen-bond acceptors (Lipinski definition) is 3. The van der Waals surface area contributed by atoms with Crippen LogP contribution < -0.4 is 4.72 Å². The predicted molar refractivity (Wildman–Crippen MR) is 88.2 cm³/mol. The first-order chi connectivity index (χ1) is 11.9. The van der Waals surface area contributed by atoms with Crippen LogP contribution in [0.3, 0.4) is 0 Å². The van der Waals surface area contributed by atoms with Gasteiger partial charge in [-0.2, -0.15) is 5.10 Å². The largest absolute Gasteiger partial charge is 0.268 e. The van der Waals surface area contributed by atoms with Crippen molar-refractivity contribution in [3.05, 3.63) is 83.7 Å². The maximum Gasteiger partial charge on any atom is 0.240 e. The lowest BCUT2D eigenvalue weighted by atomic mass is 10.1. The Kier molecular flexibility index (Phi) is 4.91. The molecule has 25 heavy (non-hydrogen) atoms. The first kappa shape index (κ1) is 17.2. The van der Waals surface area contributed by atoms with Gasteiger partial charge in [0.05, 0.1) is 11.4 Å². The number of nitrogens with one attached hydrogen (secondary N) is 1. The van der Waals surface area contributed by atoms with E-state index in [0.29, 0.717) is 12.6 Å². The number of halogens is 2. The fraction of sp³-hybridized carbons (Fsp3) is 0.118. The minimum absolute atomic E-state index is 0.0450. The Bertz CT molecular complexity index is 956. The molecule has 0 unspecified atom stereocenters. The first-order valence-electron chi connectivity index (χ1n) is 7.44. The Morgan fingerprint density at radius 2 is 1.72 bits per heavy atom. The van der Waals surface area contributed by atoms with Crippen LogP contribution in [0.5, 0.6) is 0 Å². The molecule has 0 saturated carbocycles. The molecule has 8 heteroatoms. The molecule has 0 aliphatic carbocycles. The summed E-state index contributed by atoms with van der Waals surface area (Å²) in [5.41, 5.74) is 1.77. The van der Waals surface area contributed by atoms with Gasteiger partial charge in [0.2, 0.25) is 10.0 Å². The van der Waals surface area contributed by atoms with Crippen LogP contribution >= 0.6 is 0 Å². The van der Waals surface area contributed by atoms with Crippen molar-refractivity contribution in [1.82, 2.24) is 14.5 Å². The second-order valence-corrected chi connectivity index (χ2v) is 7.19.